The van der Waals surface area contributed by atoms with E-state index in [0.29, 0.717) is 0 Å². The number of nitriles is 1. The molecule has 0 amide bonds. The molecular formula is C9H11N3S. The van der Waals surface area contributed by atoms with E-state index in [9.17, 15) is 0 Å². The third-order valence-electron chi connectivity index (χ3n) is 2.27. The number of nitrogens with zero attached hydrogens (tertiary/aromatic N) is 3. The summed E-state index contributed by atoms with van der Waals surface area (Å²) in [6.07, 6.45) is 1.00. The van der Waals surface area contributed by atoms with Crippen LogP contribution in [0, 0.1) is 11.3 Å². The van der Waals surface area contributed by atoms with Crippen LogP contribution >= 0.6 is 11.8 Å². The van der Waals surface area contributed by atoms with Gasteiger partial charge in [-0.1, -0.05) is 0 Å². The number of rotatable bonds is 1. The molecule has 1 aliphatic heterocycles. The summed E-state index contributed by atoms with van der Waals surface area (Å²) in [5.74, 6) is 2.09. The van der Waals surface area contributed by atoms with Gasteiger partial charge in [-0.3, -0.25) is 4.68 Å². The van der Waals surface area contributed by atoms with Crippen molar-refractivity contribution in [1.82, 2.24) is 9.78 Å². The number of fused-ring (bicyclic) bond motifs is 1. The van der Waals surface area contributed by atoms with Gasteiger partial charge in [0.15, 0.2) is 0 Å². The maximum Gasteiger partial charge on any atom is 0.141 e. The summed E-state index contributed by atoms with van der Waals surface area (Å²) in [5.41, 5.74) is 3.08. The van der Waals surface area contributed by atoms with E-state index in [0.717, 1.165) is 35.9 Å². The molecular weight excluding hydrogens is 182 g/mol. The Kier molecular flexibility index (Phi) is 2.28. The predicted molar refractivity (Wildman–Crippen MR) is 52.5 cm³/mol. The first-order valence-corrected chi connectivity index (χ1v) is 5.58. The van der Waals surface area contributed by atoms with E-state index in [-0.39, 0.29) is 0 Å². The summed E-state index contributed by atoms with van der Waals surface area (Å²) >= 11 is 1.90. The number of hydrogen-bond acceptors (Lipinski definition) is 3. The molecule has 0 bridgehead atoms. The first kappa shape index (κ1) is 8.64. The lowest BCUT2D eigenvalue weighted by molar-refractivity contribution is 0.644. The summed E-state index contributed by atoms with van der Waals surface area (Å²) in [7, 11) is 0. The van der Waals surface area contributed by atoms with E-state index < -0.39 is 0 Å². The molecule has 0 saturated heterocycles. The monoisotopic (exact) mass is 193 g/mol. The number of aryl methyl sites for hydroxylation is 1. The van der Waals surface area contributed by atoms with E-state index in [1.54, 1.807) is 0 Å². The Labute approximate surface area is 81.7 Å². The SMILES string of the molecule is CCn1nc2c(c1C#N)CCSC2. The van der Waals surface area contributed by atoms with Crippen molar-refractivity contribution in [3.8, 4) is 6.07 Å². The molecule has 0 atom stereocenters. The first-order chi connectivity index (χ1) is 6.36. The number of aromatic nitrogens is 2. The molecule has 0 aromatic carbocycles. The van der Waals surface area contributed by atoms with Gasteiger partial charge < -0.3 is 0 Å². The average molecular weight is 193 g/mol. The molecule has 13 heavy (non-hydrogen) atoms. The smallest absolute Gasteiger partial charge is 0.141 e. The molecule has 3 nitrogen and oxygen atoms in total. The zero-order chi connectivity index (χ0) is 9.26. The van der Waals surface area contributed by atoms with Crippen LogP contribution < -0.4 is 0 Å². The normalized spacial score (nSPS) is 15.1. The van der Waals surface area contributed by atoms with Crippen molar-refractivity contribution >= 4 is 11.8 Å². The molecule has 1 aromatic heterocycles. The van der Waals surface area contributed by atoms with Crippen LogP contribution in [-0.2, 0) is 18.7 Å². The van der Waals surface area contributed by atoms with Crippen molar-refractivity contribution in [2.75, 3.05) is 5.75 Å². The third kappa shape index (κ3) is 1.33. The number of thioether (sulfide) groups is 1. The van der Waals surface area contributed by atoms with Crippen LogP contribution in [0.4, 0.5) is 0 Å². The van der Waals surface area contributed by atoms with E-state index in [1.165, 1.54) is 5.56 Å². The molecule has 0 aliphatic carbocycles. The molecule has 1 aliphatic rings. The van der Waals surface area contributed by atoms with E-state index >= 15 is 0 Å². The van der Waals surface area contributed by atoms with Crippen LogP contribution in [0.2, 0.25) is 0 Å². The fraction of sp³-hybridized carbons (Fsp3) is 0.556. The second kappa shape index (κ2) is 3.43. The van der Waals surface area contributed by atoms with Gasteiger partial charge in [-0.25, -0.2) is 0 Å². The van der Waals surface area contributed by atoms with Crippen LogP contribution in [-0.4, -0.2) is 15.5 Å². The second-order valence-corrected chi connectivity index (χ2v) is 4.11. The van der Waals surface area contributed by atoms with Gasteiger partial charge in [-0.15, -0.1) is 0 Å². The van der Waals surface area contributed by atoms with Gasteiger partial charge in [0, 0.05) is 17.9 Å². The second-order valence-electron chi connectivity index (χ2n) is 3.00. The third-order valence-corrected chi connectivity index (χ3v) is 3.24. The van der Waals surface area contributed by atoms with Gasteiger partial charge in [0.2, 0.25) is 0 Å². The number of hydrogen-bond donors (Lipinski definition) is 0. The van der Waals surface area contributed by atoms with Gasteiger partial charge in [-0.2, -0.15) is 22.1 Å². The molecule has 0 fully saturated rings. The highest BCUT2D eigenvalue weighted by Crippen LogP contribution is 2.26. The van der Waals surface area contributed by atoms with E-state index in [2.05, 4.69) is 11.2 Å². The highest BCUT2D eigenvalue weighted by molar-refractivity contribution is 7.98. The highest BCUT2D eigenvalue weighted by Gasteiger charge is 2.19. The molecule has 4 heteroatoms. The lowest BCUT2D eigenvalue weighted by Gasteiger charge is -2.07. The Morgan fingerprint density at radius 3 is 3.23 bits per heavy atom. The summed E-state index contributed by atoms with van der Waals surface area (Å²) in [4.78, 5) is 0. The molecule has 0 spiro atoms. The Balaban J connectivity index is 2.52. The lowest BCUT2D eigenvalue weighted by atomic mass is 10.1. The first-order valence-electron chi connectivity index (χ1n) is 4.43. The lowest BCUT2D eigenvalue weighted by Crippen LogP contribution is -2.01. The van der Waals surface area contributed by atoms with Crippen LogP contribution in [0.25, 0.3) is 0 Å². The molecule has 68 valence electrons. The Hall–Kier alpha value is -0.950. The van der Waals surface area contributed by atoms with Crippen molar-refractivity contribution in [1.29, 1.82) is 5.26 Å². The molecule has 1 aromatic rings. The molecule has 2 heterocycles. The minimum Gasteiger partial charge on any atom is -0.255 e. The zero-order valence-electron chi connectivity index (χ0n) is 7.58. The predicted octanol–water partition coefficient (Wildman–Crippen LogP) is 1.56. The summed E-state index contributed by atoms with van der Waals surface area (Å²) in [6, 6.07) is 2.25. The van der Waals surface area contributed by atoms with Crippen molar-refractivity contribution < 1.29 is 0 Å². The van der Waals surface area contributed by atoms with Crippen molar-refractivity contribution in [3.63, 3.8) is 0 Å². The van der Waals surface area contributed by atoms with Gasteiger partial charge in [-0.05, 0) is 19.1 Å². The van der Waals surface area contributed by atoms with Gasteiger partial charge in [0.05, 0.1) is 5.69 Å². The van der Waals surface area contributed by atoms with Gasteiger partial charge in [0.1, 0.15) is 11.8 Å². The fourth-order valence-electron chi connectivity index (χ4n) is 1.62. The van der Waals surface area contributed by atoms with Gasteiger partial charge in [0.25, 0.3) is 0 Å². The molecule has 0 radical (unpaired) electrons. The summed E-state index contributed by atoms with van der Waals surface area (Å²) in [5, 5.41) is 13.4. The Bertz CT molecular complexity index is 362. The van der Waals surface area contributed by atoms with Crippen LogP contribution in [0.15, 0.2) is 0 Å². The van der Waals surface area contributed by atoms with Crippen LogP contribution in [0.5, 0.6) is 0 Å². The van der Waals surface area contributed by atoms with Crippen LogP contribution in [0.1, 0.15) is 23.9 Å². The van der Waals surface area contributed by atoms with Gasteiger partial charge >= 0.3 is 0 Å². The quantitative estimate of drug-likeness (QED) is 0.679. The molecule has 0 unspecified atom stereocenters. The summed E-state index contributed by atoms with van der Waals surface area (Å²) < 4.78 is 1.82. The van der Waals surface area contributed by atoms with Crippen LogP contribution in [0.3, 0.4) is 0 Å². The average Bonchev–Trinajstić information content (AvgIpc) is 2.55. The minimum atomic E-state index is 0.776. The maximum atomic E-state index is 8.98. The van der Waals surface area contributed by atoms with E-state index in [1.807, 2.05) is 23.4 Å². The van der Waals surface area contributed by atoms with Crippen molar-refractivity contribution in [2.24, 2.45) is 0 Å². The highest BCUT2D eigenvalue weighted by atomic mass is 32.2. The topological polar surface area (TPSA) is 41.6 Å². The Morgan fingerprint density at radius 2 is 2.54 bits per heavy atom. The van der Waals surface area contributed by atoms with Crippen molar-refractivity contribution in [2.45, 2.75) is 25.6 Å². The van der Waals surface area contributed by atoms with E-state index in [4.69, 9.17) is 5.26 Å². The fourth-order valence-corrected chi connectivity index (χ4v) is 2.54. The Morgan fingerprint density at radius 1 is 1.69 bits per heavy atom. The summed E-state index contributed by atoms with van der Waals surface area (Å²) in [6.45, 7) is 2.81. The maximum absolute atomic E-state index is 8.98. The standard InChI is InChI=1S/C9H11N3S/c1-2-12-9(5-10)7-3-4-13-6-8(7)11-12/h2-4,6H2,1H3. The zero-order valence-corrected chi connectivity index (χ0v) is 8.39. The molecule has 0 saturated carbocycles. The van der Waals surface area contributed by atoms with Crippen molar-refractivity contribution in [3.05, 3.63) is 17.0 Å². The minimum absolute atomic E-state index is 0.776. The largest absolute Gasteiger partial charge is 0.255 e. The molecule has 0 N–H and O–H groups in total. The molecule has 2 rings (SSSR count).